The predicted octanol–water partition coefficient (Wildman–Crippen LogP) is 0.809. The zero-order valence-electron chi connectivity index (χ0n) is 4.67. The molecule has 0 heterocycles. The van der Waals surface area contributed by atoms with E-state index < -0.39 is 10.2 Å². The Morgan fingerprint density at radius 1 is 1.67 bits per heavy atom. The Bertz CT molecular complexity index is 111. The monoisotopic (exact) mass is 151 g/mol. The van der Waals surface area contributed by atoms with Crippen LogP contribution in [-0.4, -0.2) is 16.7 Å². The third-order valence-corrected chi connectivity index (χ3v) is 0.903. The summed E-state index contributed by atoms with van der Waals surface area (Å²) in [6, 6.07) is 0. The molecule has 0 rings (SSSR count). The lowest BCUT2D eigenvalue weighted by molar-refractivity contribution is -0.480. The highest BCUT2D eigenvalue weighted by molar-refractivity contribution is 6.63. The summed E-state index contributed by atoms with van der Waals surface area (Å²) >= 11 is 4.90. The first kappa shape index (κ1) is 8.36. The van der Waals surface area contributed by atoms with Gasteiger partial charge in [0.05, 0.1) is 0 Å². The third kappa shape index (κ3) is 7.36. The summed E-state index contributed by atoms with van der Waals surface area (Å²) in [6.07, 6.45) is 0.317. The van der Waals surface area contributed by atoms with Gasteiger partial charge in [-0.1, -0.05) is 0 Å². The van der Waals surface area contributed by atoms with E-state index in [1.165, 1.54) is 0 Å². The Kier molecular flexibility index (Phi) is 3.96. The van der Waals surface area contributed by atoms with Crippen LogP contribution in [0.5, 0.6) is 0 Å². The molecule has 0 aromatic carbocycles. The first-order chi connectivity index (χ1) is 4.13. The van der Waals surface area contributed by atoms with E-state index in [2.05, 4.69) is 0 Å². The highest BCUT2D eigenvalue weighted by atomic mass is 35.5. The number of halogens is 1. The van der Waals surface area contributed by atoms with E-state index in [4.69, 9.17) is 11.6 Å². The molecule has 0 bridgehead atoms. The van der Waals surface area contributed by atoms with Crippen molar-refractivity contribution in [3.05, 3.63) is 10.1 Å². The molecule has 0 spiro atoms. The quantitative estimate of drug-likeness (QED) is 0.339. The van der Waals surface area contributed by atoms with Crippen molar-refractivity contribution in [1.29, 1.82) is 0 Å². The predicted molar refractivity (Wildman–Crippen MR) is 32.0 cm³/mol. The molecule has 9 heavy (non-hydrogen) atoms. The molecule has 5 heteroatoms. The molecule has 0 N–H and O–H groups in total. The second kappa shape index (κ2) is 4.26. The topological polar surface area (TPSA) is 60.2 Å². The van der Waals surface area contributed by atoms with Gasteiger partial charge in [-0.3, -0.25) is 14.9 Å². The fourth-order valence-electron chi connectivity index (χ4n) is 0.347. The number of nitrogens with zero attached hydrogens (tertiary/aromatic N) is 1. The molecule has 0 fully saturated rings. The van der Waals surface area contributed by atoms with E-state index in [-0.39, 0.29) is 19.4 Å². The van der Waals surface area contributed by atoms with Crippen molar-refractivity contribution in [3.63, 3.8) is 0 Å². The Morgan fingerprint density at radius 2 is 2.22 bits per heavy atom. The highest BCUT2D eigenvalue weighted by Gasteiger charge is 1.99. The van der Waals surface area contributed by atoms with Gasteiger partial charge < -0.3 is 0 Å². The van der Waals surface area contributed by atoms with Gasteiger partial charge >= 0.3 is 0 Å². The van der Waals surface area contributed by atoms with Crippen LogP contribution in [0, 0.1) is 10.1 Å². The van der Waals surface area contributed by atoms with Crippen LogP contribution in [0.1, 0.15) is 12.8 Å². The molecule has 0 aliphatic heterocycles. The van der Waals surface area contributed by atoms with Gasteiger partial charge in [-0.15, -0.1) is 0 Å². The second-order valence-corrected chi connectivity index (χ2v) is 1.94. The van der Waals surface area contributed by atoms with Gasteiger partial charge in [0.1, 0.15) is 0 Å². The van der Waals surface area contributed by atoms with E-state index in [0.29, 0.717) is 0 Å². The molecule has 4 nitrogen and oxygen atoms in total. The highest BCUT2D eigenvalue weighted by Crippen LogP contribution is 1.93. The lowest BCUT2D eigenvalue weighted by Crippen LogP contribution is -2.01. The molecule has 0 saturated carbocycles. The smallest absolute Gasteiger partial charge is 0.221 e. The maximum absolute atomic E-state index is 9.97. The minimum atomic E-state index is -0.517. The average Bonchev–Trinajstić information content (AvgIpc) is 1.63. The van der Waals surface area contributed by atoms with Crippen molar-refractivity contribution in [2.75, 3.05) is 6.54 Å². The van der Waals surface area contributed by atoms with Crippen LogP contribution in [0.3, 0.4) is 0 Å². The minimum absolute atomic E-state index is 0.0858. The standard InChI is InChI=1S/C4H6ClNO3/c5-4(7)2-1-3-6(8)9/h1-3H2. The van der Waals surface area contributed by atoms with Gasteiger partial charge in [-0.05, 0) is 11.6 Å². The molecular weight excluding hydrogens is 146 g/mol. The third-order valence-electron chi connectivity index (χ3n) is 0.714. The van der Waals surface area contributed by atoms with Crippen molar-refractivity contribution >= 4 is 16.8 Å². The average molecular weight is 152 g/mol. The molecule has 0 aromatic rings. The van der Waals surface area contributed by atoms with Gasteiger partial charge in [0.25, 0.3) is 0 Å². The Balaban J connectivity index is 3.10. The minimum Gasteiger partial charge on any atom is -0.281 e. The Labute approximate surface area is 57.0 Å². The largest absolute Gasteiger partial charge is 0.281 e. The molecule has 0 aliphatic rings. The summed E-state index contributed by atoms with van der Waals surface area (Å²) in [5.41, 5.74) is 0. The zero-order valence-corrected chi connectivity index (χ0v) is 5.43. The number of nitro groups is 1. The lowest BCUT2D eigenvalue weighted by atomic mass is 10.3. The number of rotatable bonds is 4. The molecule has 0 unspecified atom stereocenters. The summed E-state index contributed by atoms with van der Waals surface area (Å²) in [6.45, 7) is -0.182. The molecule has 52 valence electrons. The maximum Gasteiger partial charge on any atom is 0.221 e. The van der Waals surface area contributed by atoms with Crippen LogP contribution in [0.25, 0.3) is 0 Å². The van der Waals surface area contributed by atoms with Gasteiger partial charge in [0.15, 0.2) is 0 Å². The second-order valence-electron chi connectivity index (χ2n) is 1.52. The fraction of sp³-hybridized carbons (Fsp3) is 0.750. The van der Waals surface area contributed by atoms with Crippen LogP contribution in [0.4, 0.5) is 0 Å². The molecule has 0 amide bonds. The Hall–Kier alpha value is -0.640. The molecule has 0 atom stereocenters. The number of hydrogen-bond acceptors (Lipinski definition) is 3. The van der Waals surface area contributed by atoms with Crippen molar-refractivity contribution < 1.29 is 9.72 Å². The van der Waals surface area contributed by atoms with Gasteiger partial charge in [0.2, 0.25) is 11.8 Å². The van der Waals surface area contributed by atoms with Crippen LogP contribution >= 0.6 is 11.6 Å². The Morgan fingerprint density at radius 3 is 2.56 bits per heavy atom. The fourth-order valence-corrected chi connectivity index (χ4v) is 0.481. The van der Waals surface area contributed by atoms with Crippen LogP contribution in [-0.2, 0) is 4.79 Å². The van der Waals surface area contributed by atoms with Crippen LogP contribution < -0.4 is 0 Å². The number of hydrogen-bond donors (Lipinski definition) is 0. The van der Waals surface area contributed by atoms with E-state index in [9.17, 15) is 14.9 Å². The van der Waals surface area contributed by atoms with Crippen molar-refractivity contribution in [1.82, 2.24) is 0 Å². The van der Waals surface area contributed by atoms with Gasteiger partial charge in [0, 0.05) is 17.8 Å². The number of carbonyl (C=O) groups is 1. The number of carbonyl (C=O) groups excluding carboxylic acids is 1. The summed E-state index contributed by atoms with van der Waals surface area (Å²) < 4.78 is 0. The SMILES string of the molecule is O=C(Cl)CCC[N+](=O)[O-]. The normalized spacial score (nSPS) is 9.00. The molecule has 0 radical (unpaired) electrons. The zero-order chi connectivity index (χ0) is 7.28. The summed E-state index contributed by atoms with van der Waals surface area (Å²) in [7, 11) is 0. The summed E-state index contributed by atoms with van der Waals surface area (Å²) in [4.78, 5) is 19.1. The van der Waals surface area contributed by atoms with Crippen LogP contribution in [0.15, 0.2) is 0 Å². The summed E-state index contributed by atoms with van der Waals surface area (Å²) in [5, 5.41) is 9.12. The molecule has 0 saturated heterocycles. The maximum atomic E-state index is 9.97. The van der Waals surface area contributed by atoms with E-state index in [1.54, 1.807) is 0 Å². The first-order valence-electron chi connectivity index (χ1n) is 2.43. The van der Waals surface area contributed by atoms with Crippen molar-refractivity contribution in [2.45, 2.75) is 12.8 Å². The first-order valence-corrected chi connectivity index (χ1v) is 2.81. The van der Waals surface area contributed by atoms with Crippen LogP contribution in [0.2, 0.25) is 0 Å². The molecule has 0 aliphatic carbocycles. The van der Waals surface area contributed by atoms with Gasteiger partial charge in [-0.25, -0.2) is 0 Å². The van der Waals surface area contributed by atoms with E-state index in [1.807, 2.05) is 0 Å². The van der Waals surface area contributed by atoms with E-state index >= 15 is 0 Å². The van der Waals surface area contributed by atoms with Gasteiger partial charge in [-0.2, -0.15) is 0 Å². The van der Waals surface area contributed by atoms with Crippen molar-refractivity contribution in [2.24, 2.45) is 0 Å². The van der Waals surface area contributed by atoms with E-state index in [0.717, 1.165) is 0 Å². The lowest BCUT2D eigenvalue weighted by Gasteiger charge is -1.87. The summed E-state index contributed by atoms with van der Waals surface area (Å²) in [5.74, 6) is 0. The molecule has 0 aromatic heterocycles. The molecular formula is C4H6ClNO3. The van der Waals surface area contributed by atoms with Crippen molar-refractivity contribution in [3.8, 4) is 0 Å².